The van der Waals surface area contributed by atoms with Crippen LogP contribution < -0.4 is 0 Å². The van der Waals surface area contributed by atoms with Crippen LogP contribution >= 0.6 is 23.2 Å². The smallest absolute Gasteiger partial charge is 0.341 e. The Morgan fingerprint density at radius 2 is 2.13 bits per heavy atom. The maximum absolute atomic E-state index is 12.5. The molecule has 0 amide bonds. The highest BCUT2D eigenvalue weighted by molar-refractivity contribution is 6.36. The van der Waals surface area contributed by atoms with Crippen LogP contribution in [0.15, 0.2) is 6.07 Å². The third-order valence-corrected chi connectivity index (χ3v) is 2.06. The number of hydrogen-bond donors (Lipinski definition) is 0. The second-order valence-corrected chi connectivity index (χ2v) is 3.27. The van der Waals surface area contributed by atoms with Crippen LogP contribution in [0.25, 0.3) is 0 Å². The van der Waals surface area contributed by atoms with E-state index < -0.39 is 23.7 Å². The number of rotatable bonds is 2. The number of nitrogens with zero attached hydrogens (tertiary/aromatic N) is 1. The van der Waals surface area contributed by atoms with E-state index in [1.54, 1.807) is 0 Å². The number of alkyl halides is 2. The van der Waals surface area contributed by atoms with Gasteiger partial charge in [-0.05, 0) is 6.07 Å². The highest BCUT2D eigenvalue weighted by Crippen LogP contribution is 2.29. The Morgan fingerprint density at radius 3 is 2.60 bits per heavy atom. The number of hydrogen-bond acceptors (Lipinski definition) is 3. The largest absolute Gasteiger partial charge is 0.465 e. The van der Waals surface area contributed by atoms with Crippen LogP contribution in [-0.4, -0.2) is 18.1 Å². The molecule has 7 heteroatoms. The summed E-state index contributed by atoms with van der Waals surface area (Å²) in [6, 6.07) is 1.10. The van der Waals surface area contributed by atoms with Gasteiger partial charge in [0, 0.05) is 0 Å². The summed E-state index contributed by atoms with van der Waals surface area (Å²) in [5.41, 5.74) is -1.24. The summed E-state index contributed by atoms with van der Waals surface area (Å²) in [4.78, 5) is 14.5. The predicted molar refractivity (Wildman–Crippen MR) is 50.6 cm³/mol. The first-order valence-corrected chi connectivity index (χ1v) is 4.45. The van der Waals surface area contributed by atoms with Crippen molar-refractivity contribution >= 4 is 29.2 Å². The monoisotopic (exact) mass is 255 g/mol. The van der Waals surface area contributed by atoms with Crippen LogP contribution in [0.5, 0.6) is 0 Å². The molecule has 82 valence electrons. The van der Waals surface area contributed by atoms with Crippen molar-refractivity contribution in [2.75, 3.05) is 7.11 Å². The molecule has 0 unspecified atom stereocenters. The molecule has 0 saturated heterocycles. The second kappa shape index (κ2) is 4.72. The Balaban J connectivity index is 3.40. The lowest BCUT2D eigenvalue weighted by molar-refractivity contribution is 0.0587. The number of pyridine rings is 1. The molecule has 0 saturated carbocycles. The van der Waals surface area contributed by atoms with Crippen molar-refractivity contribution in [1.82, 2.24) is 4.98 Å². The van der Waals surface area contributed by atoms with E-state index >= 15 is 0 Å². The van der Waals surface area contributed by atoms with E-state index in [9.17, 15) is 13.6 Å². The van der Waals surface area contributed by atoms with Gasteiger partial charge in [-0.15, -0.1) is 0 Å². The van der Waals surface area contributed by atoms with Gasteiger partial charge < -0.3 is 4.74 Å². The van der Waals surface area contributed by atoms with E-state index in [2.05, 4.69) is 9.72 Å². The molecule has 0 radical (unpaired) electrons. The summed E-state index contributed by atoms with van der Waals surface area (Å²) < 4.78 is 29.3. The van der Waals surface area contributed by atoms with E-state index in [4.69, 9.17) is 23.2 Å². The molecule has 1 aromatic heterocycles. The minimum absolute atomic E-state index is 0.206. The fourth-order valence-corrected chi connectivity index (χ4v) is 1.50. The Morgan fingerprint density at radius 1 is 1.53 bits per heavy atom. The molecule has 3 nitrogen and oxygen atoms in total. The zero-order valence-electron chi connectivity index (χ0n) is 7.43. The van der Waals surface area contributed by atoms with Crippen molar-refractivity contribution in [2.24, 2.45) is 0 Å². The molecule has 0 spiro atoms. The summed E-state index contributed by atoms with van der Waals surface area (Å²) in [6.45, 7) is 0. The molecule has 0 atom stereocenters. The van der Waals surface area contributed by atoms with Gasteiger partial charge in [0.05, 0.1) is 12.1 Å². The quantitative estimate of drug-likeness (QED) is 0.602. The third-order valence-electron chi connectivity index (χ3n) is 1.56. The van der Waals surface area contributed by atoms with Crippen LogP contribution in [0.4, 0.5) is 8.78 Å². The highest BCUT2D eigenvalue weighted by atomic mass is 35.5. The van der Waals surface area contributed by atoms with E-state index in [0.29, 0.717) is 0 Å². The lowest BCUT2D eigenvalue weighted by atomic mass is 10.2. The molecular weight excluding hydrogens is 251 g/mol. The number of halogens is 4. The van der Waals surface area contributed by atoms with Crippen LogP contribution in [-0.2, 0) is 4.74 Å². The van der Waals surface area contributed by atoms with Crippen LogP contribution in [0.2, 0.25) is 10.2 Å². The maximum Gasteiger partial charge on any atom is 0.341 e. The number of esters is 1. The first-order valence-electron chi connectivity index (χ1n) is 3.69. The summed E-state index contributed by atoms with van der Waals surface area (Å²) in [5, 5.41) is -0.417. The second-order valence-electron chi connectivity index (χ2n) is 2.48. The molecule has 0 fully saturated rings. The Kier molecular flexibility index (Phi) is 3.82. The van der Waals surface area contributed by atoms with Gasteiger partial charge in [0.1, 0.15) is 16.4 Å². The van der Waals surface area contributed by atoms with Gasteiger partial charge in [-0.2, -0.15) is 0 Å². The van der Waals surface area contributed by atoms with Crippen molar-refractivity contribution in [3.05, 3.63) is 27.5 Å². The molecule has 0 bridgehead atoms. The molecule has 1 heterocycles. The minimum Gasteiger partial charge on any atom is -0.465 e. The molecule has 0 aliphatic carbocycles. The molecular formula is C8H5Cl2F2NO2. The lowest BCUT2D eigenvalue weighted by Gasteiger charge is -2.08. The summed E-state index contributed by atoms with van der Waals surface area (Å²) in [5.74, 6) is -0.973. The average molecular weight is 256 g/mol. The molecule has 0 aliphatic heterocycles. The third kappa shape index (κ3) is 2.54. The van der Waals surface area contributed by atoms with Gasteiger partial charge in [0.15, 0.2) is 0 Å². The number of aromatic nitrogens is 1. The first kappa shape index (κ1) is 12.1. The fourth-order valence-electron chi connectivity index (χ4n) is 0.964. The molecule has 0 aliphatic rings. The van der Waals surface area contributed by atoms with E-state index in [1.807, 2.05) is 0 Å². The standard InChI is InChI=1S/C8H5Cl2F2NO2/c1-15-8(14)5-3(9)2-4(10)13-6(5)7(11)12/h2,7H,1H3. The molecule has 1 aromatic rings. The zero-order valence-corrected chi connectivity index (χ0v) is 8.94. The van der Waals surface area contributed by atoms with Gasteiger partial charge >= 0.3 is 5.97 Å². The Labute approximate surface area is 94.0 Å². The SMILES string of the molecule is COC(=O)c1c(Cl)cc(Cl)nc1C(F)F. The summed E-state index contributed by atoms with van der Waals surface area (Å²) in [7, 11) is 1.06. The first-order chi connectivity index (χ1) is 6.97. The number of ether oxygens (including phenoxy) is 1. The summed E-state index contributed by atoms with van der Waals surface area (Å²) in [6.07, 6.45) is -2.95. The van der Waals surface area contributed by atoms with Crippen molar-refractivity contribution in [3.8, 4) is 0 Å². The van der Waals surface area contributed by atoms with Gasteiger partial charge in [-0.25, -0.2) is 18.6 Å². The zero-order chi connectivity index (χ0) is 11.6. The topological polar surface area (TPSA) is 39.2 Å². The van der Waals surface area contributed by atoms with Crippen molar-refractivity contribution in [1.29, 1.82) is 0 Å². The Hall–Kier alpha value is -0.940. The van der Waals surface area contributed by atoms with Gasteiger partial charge in [0.2, 0.25) is 0 Å². The van der Waals surface area contributed by atoms with Crippen molar-refractivity contribution in [3.63, 3.8) is 0 Å². The number of carbonyl (C=O) groups is 1. The molecule has 15 heavy (non-hydrogen) atoms. The molecule has 1 rings (SSSR count). The van der Waals surface area contributed by atoms with Crippen LogP contribution in [0, 0.1) is 0 Å². The highest BCUT2D eigenvalue weighted by Gasteiger charge is 2.24. The Bertz CT molecular complexity index is 398. The average Bonchev–Trinajstić information content (AvgIpc) is 2.15. The number of methoxy groups -OCH3 is 1. The van der Waals surface area contributed by atoms with E-state index in [-0.39, 0.29) is 10.2 Å². The lowest BCUT2D eigenvalue weighted by Crippen LogP contribution is -2.09. The van der Waals surface area contributed by atoms with Gasteiger partial charge in [0.25, 0.3) is 6.43 Å². The fraction of sp³-hybridized carbons (Fsp3) is 0.250. The maximum atomic E-state index is 12.5. The van der Waals surface area contributed by atoms with Gasteiger partial charge in [-0.1, -0.05) is 23.2 Å². The van der Waals surface area contributed by atoms with Crippen molar-refractivity contribution < 1.29 is 18.3 Å². The predicted octanol–water partition coefficient (Wildman–Crippen LogP) is 3.11. The molecule has 0 N–H and O–H groups in total. The summed E-state index contributed by atoms with van der Waals surface area (Å²) >= 11 is 11.0. The van der Waals surface area contributed by atoms with Gasteiger partial charge in [-0.3, -0.25) is 0 Å². The van der Waals surface area contributed by atoms with Crippen molar-refractivity contribution in [2.45, 2.75) is 6.43 Å². The minimum atomic E-state index is -2.95. The molecule has 0 aromatic carbocycles. The van der Waals surface area contributed by atoms with Crippen LogP contribution in [0.1, 0.15) is 22.5 Å². The van der Waals surface area contributed by atoms with E-state index in [1.165, 1.54) is 0 Å². The van der Waals surface area contributed by atoms with Crippen LogP contribution in [0.3, 0.4) is 0 Å². The number of carbonyl (C=O) groups excluding carboxylic acids is 1. The van der Waals surface area contributed by atoms with E-state index in [0.717, 1.165) is 13.2 Å². The normalized spacial score (nSPS) is 10.5.